The molecule has 0 saturated carbocycles. The summed E-state index contributed by atoms with van der Waals surface area (Å²) in [7, 11) is 0. The normalized spacial score (nSPS) is 11.9. The molecular formula is C14H13N5. The van der Waals surface area contributed by atoms with E-state index in [1.165, 1.54) is 0 Å². The van der Waals surface area contributed by atoms with Crippen molar-refractivity contribution in [3.8, 4) is 11.3 Å². The SMILES string of the molecule is C=C/C(=C\C)c1nc(-c2cn[nH]c2)cn2nccc12. The number of aromatic amines is 1. The Morgan fingerprint density at radius 2 is 2.37 bits per heavy atom. The number of rotatable bonds is 3. The lowest BCUT2D eigenvalue weighted by Crippen LogP contribution is -1.98. The summed E-state index contributed by atoms with van der Waals surface area (Å²) < 4.78 is 1.82. The summed E-state index contributed by atoms with van der Waals surface area (Å²) in [5.74, 6) is 0. The smallest absolute Gasteiger partial charge is 0.0964 e. The minimum atomic E-state index is 0.821. The second-order valence-corrected chi connectivity index (χ2v) is 4.07. The molecule has 0 aliphatic rings. The van der Waals surface area contributed by atoms with Gasteiger partial charge in [-0.2, -0.15) is 10.2 Å². The van der Waals surface area contributed by atoms with Gasteiger partial charge >= 0.3 is 0 Å². The molecule has 0 amide bonds. The molecule has 3 aromatic rings. The Bertz CT molecular complexity index is 749. The zero-order valence-corrected chi connectivity index (χ0v) is 10.5. The number of nitrogens with zero attached hydrogens (tertiary/aromatic N) is 4. The molecule has 0 aromatic carbocycles. The molecule has 5 nitrogen and oxygen atoms in total. The fourth-order valence-electron chi connectivity index (χ4n) is 2.02. The lowest BCUT2D eigenvalue weighted by Gasteiger charge is -2.07. The third-order valence-corrected chi connectivity index (χ3v) is 2.99. The molecule has 94 valence electrons. The molecule has 0 aliphatic carbocycles. The minimum absolute atomic E-state index is 0.821. The number of nitrogens with one attached hydrogen (secondary N) is 1. The van der Waals surface area contributed by atoms with Gasteiger partial charge < -0.3 is 0 Å². The summed E-state index contributed by atoms with van der Waals surface area (Å²) in [5, 5.41) is 11.0. The number of fused-ring (bicyclic) bond motifs is 1. The maximum Gasteiger partial charge on any atom is 0.0964 e. The van der Waals surface area contributed by atoms with Gasteiger partial charge in [-0.1, -0.05) is 18.7 Å². The molecule has 3 rings (SSSR count). The molecule has 0 fully saturated rings. The number of aromatic nitrogens is 5. The first-order valence-electron chi connectivity index (χ1n) is 5.96. The highest BCUT2D eigenvalue weighted by atomic mass is 15.2. The number of allylic oxidation sites excluding steroid dienone is 3. The van der Waals surface area contributed by atoms with Crippen LogP contribution in [0.4, 0.5) is 0 Å². The monoisotopic (exact) mass is 251 g/mol. The first-order valence-corrected chi connectivity index (χ1v) is 5.96. The number of hydrogen-bond acceptors (Lipinski definition) is 3. The molecule has 0 aliphatic heterocycles. The Balaban J connectivity index is 2.30. The van der Waals surface area contributed by atoms with Crippen LogP contribution in [0.1, 0.15) is 12.6 Å². The van der Waals surface area contributed by atoms with E-state index in [0.717, 1.165) is 28.0 Å². The van der Waals surface area contributed by atoms with Crippen LogP contribution in [0.2, 0.25) is 0 Å². The first-order chi connectivity index (χ1) is 9.33. The van der Waals surface area contributed by atoms with Gasteiger partial charge in [-0.25, -0.2) is 9.50 Å². The zero-order chi connectivity index (χ0) is 13.2. The molecule has 0 bridgehead atoms. The van der Waals surface area contributed by atoms with Gasteiger partial charge in [0.15, 0.2) is 0 Å². The highest BCUT2D eigenvalue weighted by molar-refractivity contribution is 5.81. The Kier molecular flexibility index (Phi) is 2.72. The maximum absolute atomic E-state index is 4.70. The summed E-state index contributed by atoms with van der Waals surface area (Å²) in [4.78, 5) is 4.70. The van der Waals surface area contributed by atoms with Gasteiger partial charge in [0.2, 0.25) is 0 Å². The average molecular weight is 251 g/mol. The summed E-state index contributed by atoms with van der Waals surface area (Å²) in [6.07, 6.45) is 11.0. The van der Waals surface area contributed by atoms with E-state index in [1.54, 1.807) is 18.5 Å². The van der Waals surface area contributed by atoms with Crippen LogP contribution in [-0.2, 0) is 0 Å². The van der Waals surface area contributed by atoms with Gasteiger partial charge in [0.25, 0.3) is 0 Å². The summed E-state index contributed by atoms with van der Waals surface area (Å²) in [6.45, 7) is 5.80. The molecule has 1 N–H and O–H groups in total. The second kappa shape index (κ2) is 4.53. The summed E-state index contributed by atoms with van der Waals surface area (Å²) >= 11 is 0. The van der Waals surface area contributed by atoms with Crippen LogP contribution in [0.25, 0.3) is 22.3 Å². The Morgan fingerprint density at radius 1 is 1.47 bits per heavy atom. The summed E-state index contributed by atoms with van der Waals surface area (Å²) in [5.41, 5.74) is 4.56. The van der Waals surface area contributed by atoms with Crippen molar-refractivity contribution < 1.29 is 0 Å². The fourth-order valence-corrected chi connectivity index (χ4v) is 2.02. The molecule has 0 radical (unpaired) electrons. The van der Waals surface area contributed by atoms with Crippen molar-refractivity contribution in [3.05, 3.63) is 55.3 Å². The molecule has 19 heavy (non-hydrogen) atoms. The van der Waals surface area contributed by atoms with E-state index in [2.05, 4.69) is 21.9 Å². The van der Waals surface area contributed by atoms with Crippen molar-refractivity contribution in [2.45, 2.75) is 6.92 Å². The van der Waals surface area contributed by atoms with Crippen molar-refractivity contribution in [2.24, 2.45) is 0 Å². The van der Waals surface area contributed by atoms with Crippen LogP contribution < -0.4 is 0 Å². The van der Waals surface area contributed by atoms with E-state index >= 15 is 0 Å². The lowest BCUT2D eigenvalue weighted by molar-refractivity contribution is 0.945. The van der Waals surface area contributed by atoms with Crippen LogP contribution in [0.15, 0.2) is 49.6 Å². The van der Waals surface area contributed by atoms with Crippen molar-refractivity contribution in [2.75, 3.05) is 0 Å². The zero-order valence-electron chi connectivity index (χ0n) is 10.5. The quantitative estimate of drug-likeness (QED) is 0.728. The standard InChI is InChI=1S/C14H13N5/c1-3-10(4-2)14-13-5-6-17-19(13)9-12(18-14)11-7-15-16-8-11/h3-9H,1H2,2H3,(H,15,16)/b10-4+. The Hall–Kier alpha value is -2.69. The van der Waals surface area contributed by atoms with E-state index in [9.17, 15) is 0 Å². The van der Waals surface area contributed by atoms with Crippen molar-refractivity contribution in [3.63, 3.8) is 0 Å². The van der Waals surface area contributed by atoms with Gasteiger partial charge in [-0.05, 0) is 18.6 Å². The number of hydrogen-bond donors (Lipinski definition) is 1. The third-order valence-electron chi connectivity index (χ3n) is 2.99. The van der Waals surface area contributed by atoms with Crippen molar-refractivity contribution in [1.29, 1.82) is 0 Å². The fraction of sp³-hybridized carbons (Fsp3) is 0.0714. The van der Waals surface area contributed by atoms with Gasteiger partial charge in [-0.3, -0.25) is 5.10 Å². The highest BCUT2D eigenvalue weighted by Gasteiger charge is 2.11. The van der Waals surface area contributed by atoms with E-state index < -0.39 is 0 Å². The van der Waals surface area contributed by atoms with Gasteiger partial charge in [0.1, 0.15) is 0 Å². The van der Waals surface area contributed by atoms with E-state index in [4.69, 9.17) is 4.98 Å². The molecule has 0 atom stereocenters. The van der Waals surface area contributed by atoms with Gasteiger partial charge in [0.05, 0.1) is 35.5 Å². The van der Waals surface area contributed by atoms with Gasteiger partial charge in [0, 0.05) is 11.8 Å². The Labute approximate surface area is 110 Å². The Morgan fingerprint density at radius 3 is 3.05 bits per heavy atom. The molecule has 0 unspecified atom stereocenters. The van der Waals surface area contributed by atoms with E-state index in [0.29, 0.717) is 0 Å². The largest absolute Gasteiger partial charge is 0.285 e. The van der Waals surface area contributed by atoms with Crippen LogP contribution in [0.3, 0.4) is 0 Å². The molecular weight excluding hydrogens is 238 g/mol. The summed E-state index contributed by atoms with van der Waals surface area (Å²) in [6, 6.07) is 1.94. The topological polar surface area (TPSA) is 58.9 Å². The van der Waals surface area contributed by atoms with Crippen molar-refractivity contribution in [1.82, 2.24) is 24.8 Å². The maximum atomic E-state index is 4.70. The predicted molar refractivity (Wildman–Crippen MR) is 74.4 cm³/mol. The van der Waals surface area contributed by atoms with Crippen LogP contribution >= 0.6 is 0 Å². The third kappa shape index (κ3) is 1.85. The second-order valence-electron chi connectivity index (χ2n) is 4.07. The molecule has 0 spiro atoms. The molecule has 5 heteroatoms. The number of H-pyrrole nitrogens is 1. The average Bonchev–Trinajstić information content (AvgIpc) is 3.11. The van der Waals surface area contributed by atoms with Crippen LogP contribution in [0.5, 0.6) is 0 Å². The molecule has 3 aromatic heterocycles. The first kappa shape index (κ1) is 11.4. The lowest BCUT2D eigenvalue weighted by atomic mass is 10.1. The van der Waals surface area contributed by atoms with E-state index in [1.807, 2.05) is 36.0 Å². The minimum Gasteiger partial charge on any atom is -0.285 e. The molecule has 3 heterocycles. The van der Waals surface area contributed by atoms with Crippen molar-refractivity contribution >= 4 is 11.1 Å². The van der Waals surface area contributed by atoms with E-state index in [-0.39, 0.29) is 0 Å². The van der Waals surface area contributed by atoms with Gasteiger partial charge in [-0.15, -0.1) is 0 Å². The molecule has 0 saturated heterocycles. The van der Waals surface area contributed by atoms with Crippen LogP contribution in [-0.4, -0.2) is 24.8 Å². The van der Waals surface area contributed by atoms with Crippen LogP contribution in [0, 0.1) is 0 Å². The predicted octanol–water partition coefficient (Wildman–Crippen LogP) is 2.71. The highest BCUT2D eigenvalue weighted by Crippen LogP contribution is 2.23.